The van der Waals surface area contributed by atoms with Gasteiger partial charge in [-0.2, -0.15) is 0 Å². The van der Waals surface area contributed by atoms with Gasteiger partial charge in [-0.15, -0.1) is 0 Å². The molecule has 0 N–H and O–H groups in total. The summed E-state index contributed by atoms with van der Waals surface area (Å²) in [6.07, 6.45) is 6.43. The summed E-state index contributed by atoms with van der Waals surface area (Å²) in [5.74, 6) is 0.310. The normalized spacial score (nSPS) is 22.5. The van der Waals surface area contributed by atoms with Crippen molar-refractivity contribution >= 4 is 5.91 Å². The van der Waals surface area contributed by atoms with Gasteiger partial charge in [0, 0.05) is 25.8 Å². The van der Waals surface area contributed by atoms with E-state index in [1.165, 1.54) is 6.20 Å². The molecule has 1 spiro atoms. The highest BCUT2D eigenvalue weighted by Crippen LogP contribution is 2.50. The standard InChI is InChI=1S/C14H20N2O3/c1-2-18-11-9-14(10-11)4-7-16(8-5-14)13(17)12-3-6-15-19-12/h3,6,11H,2,4-5,7-10H2,1H3. The lowest BCUT2D eigenvalue weighted by Gasteiger charge is -2.51. The summed E-state index contributed by atoms with van der Waals surface area (Å²) in [4.78, 5) is 14.0. The van der Waals surface area contributed by atoms with Crippen molar-refractivity contribution in [3.8, 4) is 0 Å². The maximum absolute atomic E-state index is 12.1. The van der Waals surface area contributed by atoms with Gasteiger partial charge in [0.15, 0.2) is 0 Å². The first kappa shape index (κ1) is 12.7. The average molecular weight is 264 g/mol. The molecule has 0 radical (unpaired) electrons. The fourth-order valence-corrected chi connectivity index (χ4v) is 3.33. The number of hydrogen-bond donors (Lipinski definition) is 0. The molecule has 1 aromatic heterocycles. The van der Waals surface area contributed by atoms with Crippen molar-refractivity contribution in [3.05, 3.63) is 18.0 Å². The Labute approximate surface area is 112 Å². The molecule has 3 rings (SSSR count). The Morgan fingerprint density at radius 3 is 2.84 bits per heavy atom. The number of rotatable bonds is 3. The molecular formula is C14H20N2O3. The number of carbonyl (C=O) groups is 1. The van der Waals surface area contributed by atoms with E-state index in [2.05, 4.69) is 5.16 Å². The monoisotopic (exact) mass is 264 g/mol. The molecule has 2 fully saturated rings. The van der Waals surface area contributed by atoms with E-state index in [1.807, 2.05) is 11.8 Å². The molecule has 1 saturated heterocycles. The summed E-state index contributed by atoms with van der Waals surface area (Å²) in [6.45, 7) is 4.48. The molecule has 104 valence electrons. The van der Waals surface area contributed by atoms with Gasteiger partial charge >= 0.3 is 0 Å². The van der Waals surface area contributed by atoms with Crippen molar-refractivity contribution < 1.29 is 14.1 Å². The van der Waals surface area contributed by atoms with Crippen LogP contribution >= 0.6 is 0 Å². The molecule has 0 aromatic carbocycles. The summed E-state index contributed by atoms with van der Waals surface area (Å²) in [5, 5.41) is 3.59. The van der Waals surface area contributed by atoms with Gasteiger partial charge in [0.2, 0.25) is 5.76 Å². The Hall–Kier alpha value is -1.36. The maximum Gasteiger partial charge on any atom is 0.292 e. The fraction of sp³-hybridized carbons (Fsp3) is 0.714. The summed E-state index contributed by atoms with van der Waals surface area (Å²) in [6, 6.07) is 1.63. The molecule has 2 aliphatic rings. The van der Waals surface area contributed by atoms with Crippen LogP contribution in [0.1, 0.15) is 43.2 Å². The van der Waals surface area contributed by atoms with Crippen LogP contribution in [0, 0.1) is 5.41 Å². The zero-order valence-electron chi connectivity index (χ0n) is 11.3. The summed E-state index contributed by atoms with van der Waals surface area (Å²) in [5.41, 5.74) is 0.429. The minimum Gasteiger partial charge on any atom is -0.378 e. The van der Waals surface area contributed by atoms with Gasteiger partial charge in [-0.25, -0.2) is 0 Å². The smallest absolute Gasteiger partial charge is 0.292 e. The van der Waals surface area contributed by atoms with Gasteiger partial charge in [0.25, 0.3) is 5.91 Å². The lowest BCUT2D eigenvalue weighted by Crippen LogP contribution is -2.51. The number of amides is 1. The maximum atomic E-state index is 12.1. The van der Waals surface area contributed by atoms with Crippen LogP contribution in [0.4, 0.5) is 0 Å². The molecule has 0 bridgehead atoms. The van der Waals surface area contributed by atoms with Crippen molar-refractivity contribution in [1.82, 2.24) is 10.1 Å². The van der Waals surface area contributed by atoms with Crippen LogP contribution in [-0.2, 0) is 4.74 Å². The van der Waals surface area contributed by atoms with Crippen LogP contribution in [0.25, 0.3) is 0 Å². The van der Waals surface area contributed by atoms with Gasteiger partial charge in [-0.05, 0) is 38.0 Å². The van der Waals surface area contributed by atoms with E-state index in [-0.39, 0.29) is 5.91 Å². The zero-order valence-corrected chi connectivity index (χ0v) is 11.3. The second-order valence-corrected chi connectivity index (χ2v) is 5.65. The number of hydrogen-bond acceptors (Lipinski definition) is 4. The number of likely N-dealkylation sites (tertiary alicyclic amines) is 1. The molecule has 0 unspecified atom stereocenters. The predicted molar refractivity (Wildman–Crippen MR) is 68.7 cm³/mol. The van der Waals surface area contributed by atoms with Crippen molar-refractivity contribution in [2.24, 2.45) is 5.41 Å². The molecule has 1 saturated carbocycles. The molecular weight excluding hydrogens is 244 g/mol. The third-order valence-electron chi connectivity index (χ3n) is 4.48. The average Bonchev–Trinajstić information content (AvgIpc) is 2.91. The van der Waals surface area contributed by atoms with Crippen molar-refractivity contribution in [3.63, 3.8) is 0 Å². The first-order valence-corrected chi connectivity index (χ1v) is 7.04. The highest BCUT2D eigenvalue weighted by Gasteiger charge is 2.46. The van der Waals surface area contributed by atoms with E-state index >= 15 is 0 Å². The third-order valence-corrected chi connectivity index (χ3v) is 4.48. The fourth-order valence-electron chi connectivity index (χ4n) is 3.33. The Balaban J connectivity index is 1.52. The number of piperidine rings is 1. The van der Waals surface area contributed by atoms with Crippen LogP contribution in [0.3, 0.4) is 0 Å². The van der Waals surface area contributed by atoms with Crippen LogP contribution in [-0.4, -0.2) is 41.8 Å². The van der Waals surface area contributed by atoms with E-state index in [9.17, 15) is 4.79 Å². The predicted octanol–water partition coefficient (Wildman–Crippen LogP) is 2.10. The number of ether oxygens (including phenoxy) is 1. The first-order chi connectivity index (χ1) is 9.22. The molecule has 1 amide bonds. The van der Waals surface area contributed by atoms with E-state index in [0.29, 0.717) is 17.3 Å². The van der Waals surface area contributed by atoms with Crippen molar-refractivity contribution in [2.45, 2.75) is 38.7 Å². The molecule has 1 aliphatic carbocycles. The highest BCUT2D eigenvalue weighted by atomic mass is 16.5. The van der Waals surface area contributed by atoms with Crippen molar-refractivity contribution in [1.29, 1.82) is 0 Å². The van der Waals surface area contributed by atoms with Gasteiger partial charge < -0.3 is 14.2 Å². The zero-order chi connectivity index (χ0) is 13.3. The minimum absolute atomic E-state index is 0.0342. The molecule has 1 aliphatic heterocycles. The molecule has 1 aromatic rings. The van der Waals surface area contributed by atoms with Gasteiger partial charge in [0.1, 0.15) is 0 Å². The summed E-state index contributed by atoms with van der Waals surface area (Å²) >= 11 is 0. The Kier molecular flexibility index (Phi) is 3.31. The molecule has 5 heteroatoms. The lowest BCUT2D eigenvalue weighted by molar-refractivity contribution is -0.0982. The molecule has 5 nitrogen and oxygen atoms in total. The Bertz CT molecular complexity index is 428. The van der Waals surface area contributed by atoms with Gasteiger partial charge in [-0.1, -0.05) is 5.16 Å². The quantitative estimate of drug-likeness (QED) is 0.839. The SMILES string of the molecule is CCOC1CC2(CCN(C(=O)c3ccno3)CC2)C1. The Morgan fingerprint density at radius 1 is 1.53 bits per heavy atom. The van der Waals surface area contributed by atoms with Crippen LogP contribution < -0.4 is 0 Å². The largest absolute Gasteiger partial charge is 0.378 e. The van der Waals surface area contributed by atoms with E-state index in [1.54, 1.807) is 6.07 Å². The number of carbonyl (C=O) groups excluding carboxylic acids is 1. The van der Waals surface area contributed by atoms with Gasteiger partial charge in [-0.3, -0.25) is 4.79 Å². The molecule has 2 heterocycles. The first-order valence-electron chi connectivity index (χ1n) is 7.04. The summed E-state index contributed by atoms with van der Waals surface area (Å²) < 4.78 is 10.6. The molecule has 19 heavy (non-hydrogen) atoms. The van der Waals surface area contributed by atoms with E-state index < -0.39 is 0 Å². The topological polar surface area (TPSA) is 55.6 Å². The number of nitrogens with zero attached hydrogens (tertiary/aromatic N) is 2. The van der Waals surface area contributed by atoms with E-state index in [0.717, 1.165) is 45.4 Å². The highest BCUT2D eigenvalue weighted by molar-refractivity contribution is 5.91. The van der Waals surface area contributed by atoms with Crippen molar-refractivity contribution in [2.75, 3.05) is 19.7 Å². The minimum atomic E-state index is -0.0342. The number of aromatic nitrogens is 1. The summed E-state index contributed by atoms with van der Waals surface area (Å²) in [7, 11) is 0. The van der Waals surface area contributed by atoms with E-state index in [4.69, 9.17) is 9.26 Å². The lowest BCUT2D eigenvalue weighted by atomic mass is 9.61. The Morgan fingerprint density at radius 2 is 2.26 bits per heavy atom. The molecule has 0 atom stereocenters. The second kappa shape index (κ2) is 4.96. The van der Waals surface area contributed by atoms with Crippen LogP contribution in [0.5, 0.6) is 0 Å². The third kappa shape index (κ3) is 2.39. The van der Waals surface area contributed by atoms with Crippen LogP contribution in [0.15, 0.2) is 16.8 Å². The van der Waals surface area contributed by atoms with Gasteiger partial charge in [0.05, 0.1) is 12.3 Å². The second-order valence-electron chi connectivity index (χ2n) is 5.65. The van der Waals surface area contributed by atoms with Crippen LogP contribution in [0.2, 0.25) is 0 Å².